The van der Waals surface area contributed by atoms with Crippen LogP contribution in [-0.4, -0.2) is 16.3 Å². The molecule has 1 unspecified atom stereocenters. The summed E-state index contributed by atoms with van der Waals surface area (Å²) in [5.41, 5.74) is 2.57. The van der Waals surface area contributed by atoms with Gasteiger partial charge in [0.05, 0.1) is 11.7 Å². The van der Waals surface area contributed by atoms with Crippen molar-refractivity contribution in [3.8, 4) is 0 Å². The number of likely N-dealkylation sites (N-methyl/N-ethyl adjacent to an activating group) is 1. The molecule has 0 aliphatic carbocycles. The Morgan fingerprint density at radius 3 is 2.74 bits per heavy atom. The van der Waals surface area contributed by atoms with E-state index in [4.69, 9.17) is 0 Å². The van der Waals surface area contributed by atoms with Crippen LogP contribution in [0.15, 0.2) is 41.0 Å². The fraction of sp³-hybridized carbons (Fsp3) is 0.400. The lowest BCUT2D eigenvalue weighted by molar-refractivity contribution is 0.490. The highest BCUT2D eigenvalue weighted by Crippen LogP contribution is 2.23. The van der Waals surface area contributed by atoms with Crippen LogP contribution in [-0.2, 0) is 13.0 Å². The SMILES string of the molecule is CCNC(Cc1ccccc1Br)c1ccnn1CC. The van der Waals surface area contributed by atoms with E-state index in [1.807, 2.05) is 12.3 Å². The highest BCUT2D eigenvalue weighted by atomic mass is 79.9. The molecule has 102 valence electrons. The summed E-state index contributed by atoms with van der Waals surface area (Å²) in [6, 6.07) is 10.8. The summed E-state index contributed by atoms with van der Waals surface area (Å²) in [6.07, 6.45) is 2.84. The van der Waals surface area contributed by atoms with Crippen LogP contribution in [0.1, 0.15) is 31.1 Å². The Morgan fingerprint density at radius 1 is 1.26 bits per heavy atom. The number of halogens is 1. The van der Waals surface area contributed by atoms with E-state index in [9.17, 15) is 0 Å². The lowest BCUT2D eigenvalue weighted by Crippen LogP contribution is -2.25. The van der Waals surface area contributed by atoms with E-state index in [-0.39, 0.29) is 0 Å². The molecule has 19 heavy (non-hydrogen) atoms. The molecule has 0 bridgehead atoms. The Hall–Kier alpha value is -1.13. The summed E-state index contributed by atoms with van der Waals surface area (Å²) in [6.45, 7) is 6.11. The molecule has 0 spiro atoms. The number of nitrogens with zero attached hydrogens (tertiary/aromatic N) is 2. The molecule has 1 aromatic heterocycles. The summed E-state index contributed by atoms with van der Waals surface area (Å²) in [4.78, 5) is 0. The fourth-order valence-corrected chi connectivity index (χ4v) is 2.76. The Morgan fingerprint density at radius 2 is 2.05 bits per heavy atom. The van der Waals surface area contributed by atoms with Crippen LogP contribution in [0.2, 0.25) is 0 Å². The smallest absolute Gasteiger partial charge is 0.0556 e. The molecule has 0 fully saturated rings. The number of hydrogen-bond donors (Lipinski definition) is 1. The van der Waals surface area contributed by atoms with Crippen molar-refractivity contribution in [2.75, 3.05) is 6.54 Å². The van der Waals surface area contributed by atoms with Gasteiger partial charge in [-0.1, -0.05) is 41.1 Å². The summed E-state index contributed by atoms with van der Waals surface area (Å²) in [5.74, 6) is 0. The van der Waals surface area contributed by atoms with Crippen molar-refractivity contribution in [1.29, 1.82) is 0 Å². The zero-order valence-electron chi connectivity index (χ0n) is 11.4. The first-order chi connectivity index (χ1) is 9.26. The normalized spacial score (nSPS) is 12.6. The standard InChI is InChI=1S/C15H20BrN3/c1-3-17-14(15-9-10-18-19(15)4-2)11-12-7-5-6-8-13(12)16/h5-10,14,17H,3-4,11H2,1-2H3. The Bertz CT molecular complexity index is 522. The summed E-state index contributed by atoms with van der Waals surface area (Å²) < 4.78 is 3.23. The monoisotopic (exact) mass is 321 g/mol. The first-order valence-electron chi connectivity index (χ1n) is 6.74. The van der Waals surface area contributed by atoms with Crippen molar-refractivity contribution < 1.29 is 0 Å². The number of aromatic nitrogens is 2. The highest BCUT2D eigenvalue weighted by molar-refractivity contribution is 9.10. The fourth-order valence-electron chi connectivity index (χ4n) is 2.31. The topological polar surface area (TPSA) is 29.9 Å². The van der Waals surface area contributed by atoms with Gasteiger partial charge in [0.15, 0.2) is 0 Å². The molecule has 4 heteroatoms. The number of hydrogen-bond acceptors (Lipinski definition) is 2. The van der Waals surface area contributed by atoms with Crippen LogP contribution in [0.25, 0.3) is 0 Å². The summed E-state index contributed by atoms with van der Waals surface area (Å²) >= 11 is 3.62. The molecule has 3 nitrogen and oxygen atoms in total. The summed E-state index contributed by atoms with van der Waals surface area (Å²) in [5, 5.41) is 7.92. The van der Waals surface area contributed by atoms with Gasteiger partial charge in [0.1, 0.15) is 0 Å². The molecule has 0 saturated heterocycles. The van der Waals surface area contributed by atoms with E-state index in [2.05, 4.69) is 69.1 Å². The zero-order valence-corrected chi connectivity index (χ0v) is 13.0. The Kier molecular flexibility index (Phi) is 5.16. The van der Waals surface area contributed by atoms with Crippen LogP contribution in [0, 0.1) is 0 Å². The van der Waals surface area contributed by atoms with Crippen LogP contribution in [0.5, 0.6) is 0 Å². The van der Waals surface area contributed by atoms with Crippen molar-refractivity contribution in [1.82, 2.24) is 15.1 Å². The number of benzene rings is 1. The molecule has 1 aromatic carbocycles. The van der Waals surface area contributed by atoms with Crippen LogP contribution >= 0.6 is 15.9 Å². The molecular weight excluding hydrogens is 302 g/mol. The van der Waals surface area contributed by atoms with E-state index in [0.29, 0.717) is 6.04 Å². The van der Waals surface area contributed by atoms with Crippen molar-refractivity contribution in [3.05, 3.63) is 52.3 Å². The molecule has 2 rings (SSSR count). The van der Waals surface area contributed by atoms with Crippen molar-refractivity contribution in [2.45, 2.75) is 32.9 Å². The summed E-state index contributed by atoms with van der Waals surface area (Å²) in [7, 11) is 0. The van der Waals surface area contributed by atoms with E-state index < -0.39 is 0 Å². The first-order valence-corrected chi connectivity index (χ1v) is 7.54. The predicted octanol–water partition coefficient (Wildman–Crippen LogP) is 3.56. The maximum Gasteiger partial charge on any atom is 0.0556 e. The predicted molar refractivity (Wildman–Crippen MR) is 82.2 cm³/mol. The van der Waals surface area contributed by atoms with Gasteiger partial charge in [0.2, 0.25) is 0 Å². The van der Waals surface area contributed by atoms with Gasteiger partial charge in [0, 0.05) is 17.2 Å². The van der Waals surface area contributed by atoms with E-state index in [1.54, 1.807) is 0 Å². The van der Waals surface area contributed by atoms with Gasteiger partial charge in [-0.3, -0.25) is 4.68 Å². The second-order valence-electron chi connectivity index (χ2n) is 4.48. The van der Waals surface area contributed by atoms with Crippen LogP contribution in [0.3, 0.4) is 0 Å². The number of aryl methyl sites for hydroxylation is 1. The largest absolute Gasteiger partial charge is 0.309 e. The van der Waals surface area contributed by atoms with Gasteiger partial charge in [-0.2, -0.15) is 5.10 Å². The molecule has 0 aliphatic heterocycles. The van der Waals surface area contributed by atoms with Crippen molar-refractivity contribution in [2.24, 2.45) is 0 Å². The Labute approximate surface area is 123 Å². The second-order valence-corrected chi connectivity index (χ2v) is 5.33. The molecule has 0 amide bonds. The van der Waals surface area contributed by atoms with Gasteiger partial charge in [-0.15, -0.1) is 0 Å². The van der Waals surface area contributed by atoms with Gasteiger partial charge in [-0.05, 0) is 37.6 Å². The molecule has 0 aliphatic rings. The Balaban J connectivity index is 2.24. The van der Waals surface area contributed by atoms with E-state index >= 15 is 0 Å². The van der Waals surface area contributed by atoms with Crippen LogP contribution in [0.4, 0.5) is 0 Å². The van der Waals surface area contributed by atoms with Gasteiger partial charge >= 0.3 is 0 Å². The molecule has 2 aromatic rings. The third-order valence-electron chi connectivity index (χ3n) is 3.24. The molecule has 0 radical (unpaired) electrons. The molecule has 1 atom stereocenters. The highest BCUT2D eigenvalue weighted by Gasteiger charge is 2.16. The average Bonchev–Trinajstić information content (AvgIpc) is 2.89. The minimum atomic E-state index is 0.297. The van der Waals surface area contributed by atoms with Gasteiger partial charge < -0.3 is 5.32 Å². The first kappa shape index (κ1) is 14.3. The van der Waals surface area contributed by atoms with Gasteiger partial charge in [0.25, 0.3) is 0 Å². The average molecular weight is 322 g/mol. The number of nitrogens with one attached hydrogen (secondary N) is 1. The lowest BCUT2D eigenvalue weighted by Gasteiger charge is -2.19. The second kappa shape index (κ2) is 6.87. The lowest BCUT2D eigenvalue weighted by atomic mass is 10.0. The third-order valence-corrected chi connectivity index (χ3v) is 4.01. The maximum atomic E-state index is 4.37. The molecule has 1 N–H and O–H groups in total. The minimum Gasteiger partial charge on any atom is -0.309 e. The van der Waals surface area contributed by atoms with Crippen molar-refractivity contribution in [3.63, 3.8) is 0 Å². The van der Waals surface area contributed by atoms with E-state index in [1.165, 1.54) is 15.7 Å². The van der Waals surface area contributed by atoms with E-state index in [0.717, 1.165) is 19.5 Å². The minimum absolute atomic E-state index is 0.297. The van der Waals surface area contributed by atoms with Crippen LogP contribution < -0.4 is 5.32 Å². The molecule has 1 heterocycles. The maximum absolute atomic E-state index is 4.37. The third kappa shape index (κ3) is 3.45. The molecular formula is C15H20BrN3. The molecule has 0 saturated carbocycles. The zero-order chi connectivity index (χ0) is 13.7. The number of rotatable bonds is 6. The van der Waals surface area contributed by atoms with Gasteiger partial charge in [-0.25, -0.2) is 0 Å². The quantitative estimate of drug-likeness (QED) is 0.881. The van der Waals surface area contributed by atoms with Crippen molar-refractivity contribution >= 4 is 15.9 Å².